The van der Waals surface area contributed by atoms with E-state index in [4.69, 9.17) is 4.52 Å². The number of aromatic nitrogens is 3. The van der Waals surface area contributed by atoms with Crippen molar-refractivity contribution in [1.29, 1.82) is 0 Å². The van der Waals surface area contributed by atoms with Gasteiger partial charge in [0.2, 0.25) is 5.69 Å². The minimum absolute atomic E-state index is 0.202. The summed E-state index contributed by atoms with van der Waals surface area (Å²) < 4.78 is 5.15. The molecule has 3 heterocycles. The molecule has 0 saturated heterocycles. The fourth-order valence-electron chi connectivity index (χ4n) is 2.92. The first-order valence-electron chi connectivity index (χ1n) is 8.01. The Bertz CT molecular complexity index is 1010. The third kappa shape index (κ3) is 2.89. The van der Waals surface area contributed by atoms with Gasteiger partial charge in [-0.2, -0.15) is 0 Å². The highest BCUT2D eigenvalue weighted by Gasteiger charge is 2.26. The molecule has 6 nitrogen and oxygen atoms in total. The minimum atomic E-state index is -0.316. The molecule has 1 unspecified atom stereocenters. The van der Waals surface area contributed by atoms with Crippen molar-refractivity contribution in [2.24, 2.45) is 0 Å². The Hall–Kier alpha value is -3.41. The first-order valence-corrected chi connectivity index (χ1v) is 8.01. The summed E-state index contributed by atoms with van der Waals surface area (Å²) >= 11 is 0. The molecule has 0 bridgehead atoms. The summed E-state index contributed by atoms with van der Waals surface area (Å²) in [5.74, 6) is 1.53. The molecule has 4 aromatic rings. The molecule has 25 heavy (non-hydrogen) atoms. The Morgan fingerprint density at radius 2 is 1.96 bits per heavy atom. The molecule has 6 heteroatoms. The number of fused-ring (bicyclic) bond motifs is 1. The number of hydrogen-bond donors (Lipinski definition) is 2. The second-order valence-corrected chi connectivity index (χ2v) is 5.86. The molecule has 0 fully saturated rings. The lowest BCUT2D eigenvalue weighted by Crippen LogP contribution is -2.22. The summed E-state index contributed by atoms with van der Waals surface area (Å²) in [7, 11) is 0. The van der Waals surface area contributed by atoms with Crippen molar-refractivity contribution in [3.8, 4) is 5.75 Å². The van der Waals surface area contributed by atoms with E-state index in [-0.39, 0.29) is 11.8 Å². The topological polar surface area (TPSA) is 86.6 Å². The van der Waals surface area contributed by atoms with E-state index in [9.17, 15) is 5.11 Å². The van der Waals surface area contributed by atoms with Crippen LogP contribution in [-0.2, 0) is 0 Å². The van der Waals surface area contributed by atoms with Crippen LogP contribution in [0.15, 0.2) is 65.4 Å². The molecular formula is C19H18N4O2+2. The number of nitrogens with zero attached hydrogens (tertiary/aromatic N) is 1. The third-order valence-corrected chi connectivity index (χ3v) is 4.12. The van der Waals surface area contributed by atoms with Crippen LogP contribution in [0.2, 0.25) is 0 Å². The highest BCUT2D eigenvalue weighted by Crippen LogP contribution is 2.34. The molecule has 0 aliphatic heterocycles. The average molecular weight is 334 g/mol. The van der Waals surface area contributed by atoms with E-state index in [1.54, 1.807) is 6.20 Å². The smallest absolute Gasteiger partial charge is 0.253 e. The Labute approximate surface area is 144 Å². The maximum absolute atomic E-state index is 10.8. The number of rotatable bonds is 4. The van der Waals surface area contributed by atoms with Gasteiger partial charge >= 0.3 is 0 Å². The predicted molar refractivity (Wildman–Crippen MR) is 91.9 cm³/mol. The highest BCUT2D eigenvalue weighted by atomic mass is 16.5. The summed E-state index contributed by atoms with van der Waals surface area (Å²) in [5.41, 5.74) is 2.32. The monoisotopic (exact) mass is 334 g/mol. The van der Waals surface area contributed by atoms with Gasteiger partial charge in [0.05, 0.1) is 5.39 Å². The van der Waals surface area contributed by atoms with Gasteiger partial charge < -0.3 is 14.9 Å². The molecule has 4 N–H and O–H groups in total. The average Bonchev–Trinajstić information content (AvgIpc) is 3.06. The lowest BCUT2D eigenvalue weighted by Gasteiger charge is -2.16. The van der Waals surface area contributed by atoms with E-state index >= 15 is 0 Å². The van der Waals surface area contributed by atoms with Gasteiger partial charge in [-0.25, -0.2) is 9.97 Å². The number of pyridine rings is 2. The quantitative estimate of drug-likeness (QED) is 0.601. The van der Waals surface area contributed by atoms with Crippen molar-refractivity contribution in [3.05, 3.63) is 77.9 Å². The number of phenols is 1. The molecule has 0 aliphatic carbocycles. The molecule has 1 aromatic carbocycles. The van der Waals surface area contributed by atoms with E-state index in [2.05, 4.69) is 20.4 Å². The molecular weight excluding hydrogens is 316 g/mol. The third-order valence-electron chi connectivity index (χ3n) is 4.12. The van der Waals surface area contributed by atoms with Gasteiger partial charge in [-0.3, -0.25) is 0 Å². The van der Waals surface area contributed by atoms with Crippen LogP contribution in [0.25, 0.3) is 10.9 Å². The fourth-order valence-corrected chi connectivity index (χ4v) is 2.92. The molecule has 0 saturated carbocycles. The minimum Gasteiger partial charge on any atom is -0.502 e. The van der Waals surface area contributed by atoms with E-state index < -0.39 is 0 Å². The largest absolute Gasteiger partial charge is 0.502 e. The van der Waals surface area contributed by atoms with Gasteiger partial charge in [-0.05, 0) is 19.1 Å². The molecule has 124 valence electrons. The number of benzene rings is 1. The van der Waals surface area contributed by atoms with Crippen molar-refractivity contribution >= 4 is 16.7 Å². The first kappa shape index (κ1) is 15.1. The van der Waals surface area contributed by atoms with Crippen LogP contribution in [0.5, 0.6) is 5.75 Å². The summed E-state index contributed by atoms with van der Waals surface area (Å²) in [5, 5.41) is 19.1. The molecule has 0 radical (unpaired) electrons. The van der Waals surface area contributed by atoms with Crippen LogP contribution < -0.4 is 15.3 Å². The van der Waals surface area contributed by atoms with Crippen molar-refractivity contribution in [2.75, 3.05) is 5.32 Å². The van der Waals surface area contributed by atoms with Crippen LogP contribution in [0.3, 0.4) is 0 Å². The molecule has 0 aliphatic rings. The van der Waals surface area contributed by atoms with Crippen LogP contribution in [-0.4, -0.2) is 10.3 Å². The second kappa shape index (κ2) is 6.24. The number of aromatic hydroxyl groups is 1. The van der Waals surface area contributed by atoms with Crippen molar-refractivity contribution in [2.45, 2.75) is 13.0 Å². The molecule has 0 spiro atoms. The SMILES string of the molecule is Cc1cc(NC(c2cccc[nH+]2)c2ccc3ccc[nH+]c3c2O)no1. The summed E-state index contributed by atoms with van der Waals surface area (Å²) in [6, 6.07) is 15.1. The lowest BCUT2D eigenvalue weighted by atomic mass is 9.99. The number of phenolic OH excluding ortho intramolecular Hbond substituents is 1. The van der Waals surface area contributed by atoms with Gasteiger partial charge in [0.1, 0.15) is 11.8 Å². The van der Waals surface area contributed by atoms with E-state index in [0.717, 1.165) is 16.6 Å². The Morgan fingerprint density at radius 3 is 2.72 bits per heavy atom. The lowest BCUT2D eigenvalue weighted by molar-refractivity contribution is -0.391. The maximum atomic E-state index is 10.8. The number of nitrogens with one attached hydrogen (secondary N) is 3. The van der Waals surface area contributed by atoms with Gasteiger partial charge in [0, 0.05) is 29.8 Å². The van der Waals surface area contributed by atoms with Crippen LogP contribution >= 0.6 is 0 Å². The predicted octanol–water partition coefficient (Wildman–Crippen LogP) is 2.67. The van der Waals surface area contributed by atoms with Gasteiger partial charge in [0.25, 0.3) is 5.52 Å². The zero-order chi connectivity index (χ0) is 17.2. The van der Waals surface area contributed by atoms with E-state index in [0.29, 0.717) is 17.1 Å². The summed E-state index contributed by atoms with van der Waals surface area (Å²) in [6.45, 7) is 1.84. The Balaban J connectivity index is 1.84. The second-order valence-electron chi connectivity index (χ2n) is 5.86. The van der Waals surface area contributed by atoms with Crippen molar-refractivity contribution in [3.63, 3.8) is 0 Å². The highest BCUT2D eigenvalue weighted by molar-refractivity contribution is 5.83. The normalized spacial score (nSPS) is 12.2. The van der Waals surface area contributed by atoms with E-state index in [1.807, 2.05) is 61.7 Å². The van der Waals surface area contributed by atoms with Gasteiger partial charge in [-0.1, -0.05) is 17.3 Å². The zero-order valence-corrected chi connectivity index (χ0v) is 13.7. The van der Waals surface area contributed by atoms with Crippen LogP contribution in [0.4, 0.5) is 5.82 Å². The fraction of sp³-hybridized carbons (Fsp3) is 0.105. The Kier molecular flexibility index (Phi) is 3.78. The summed E-state index contributed by atoms with van der Waals surface area (Å²) in [6.07, 6.45) is 3.65. The standard InChI is InChI=1S/C19H16N4O2/c1-12-11-16(23-25-12)22-18(15-6-2-3-9-20-15)14-8-7-13-5-4-10-21-17(13)19(14)24/h2-11,18,24H,1H3,(H,22,23)/p+2. The van der Waals surface area contributed by atoms with E-state index in [1.165, 1.54) is 0 Å². The maximum Gasteiger partial charge on any atom is 0.253 e. The van der Waals surface area contributed by atoms with Crippen LogP contribution in [0, 0.1) is 6.92 Å². The van der Waals surface area contributed by atoms with Gasteiger partial charge in [-0.15, -0.1) is 0 Å². The number of aryl methyl sites for hydroxylation is 1. The number of hydrogen-bond acceptors (Lipinski definition) is 4. The molecule has 4 rings (SSSR count). The molecule has 1 atom stereocenters. The van der Waals surface area contributed by atoms with Crippen molar-refractivity contribution < 1.29 is 19.6 Å². The Morgan fingerprint density at radius 1 is 1.08 bits per heavy atom. The summed E-state index contributed by atoms with van der Waals surface area (Å²) in [4.78, 5) is 6.34. The number of H-pyrrole nitrogens is 2. The van der Waals surface area contributed by atoms with Gasteiger partial charge in [0.15, 0.2) is 24.0 Å². The van der Waals surface area contributed by atoms with Crippen LogP contribution in [0.1, 0.15) is 23.1 Å². The number of anilines is 1. The zero-order valence-electron chi connectivity index (χ0n) is 13.7. The van der Waals surface area contributed by atoms with Crippen molar-refractivity contribution in [1.82, 2.24) is 5.16 Å². The molecule has 3 aromatic heterocycles. The number of aromatic amines is 2. The molecule has 0 amide bonds. The first-order chi connectivity index (χ1) is 12.2.